The summed E-state index contributed by atoms with van der Waals surface area (Å²) in [5.74, 6) is 0. The van der Waals surface area contributed by atoms with Gasteiger partial charge in [-0.15, -0.1) is 11.3 Å². The van der Waals surface area contributed by atoms with Crippen LogP contribution < -0.4 is 5.63 Å². The Labute approximate surface area is 95.0 Å². The maximum atomic E-state index is 11.7. The van der Waals surface area contributed by atoms with Crippen molar-refractivity contribution < 1.29 is 4.42 Å². The molecule has 0 saturated carbocycles. The maximum Gasteiger partial charge on any atom is 0.345 e. The van der Waals surface area contributed by atoms with Crippen LogP contribution in [0, 0.1) is 0 Å². The van der Waals surface area contributed by atoms with Gasteiger partial charge in [0.05, 0.1) is 16.8 Å². The molecule has 2 aromatic heterocycles. The fraction of sp³-hybridized carbons (Fsp3) is 0. The Balaban J connectivity index is 2.34. The Hall–Kier alpha value is -1.94. The summed E-state index contributed by atoms with van der Waals surface area (Å²) in [4.78, 5) is 15.8. The van der Waals surface area contributed by atoms with E-state index in [9.17, 15) is 4.79 Å². The minimum absolute atomic E-state index is 0.343. The highest BCUT2D eigenvalue weighted by molar-refractivity contribution is 7.07. The number of hydrogen-bond donors (Lipinski definition) is 0. The van der Waals surface area contributed by atoms with E-state index in [-0.39, 0.29) is 5.63 Å². The topological polar surface area (TPSA) is 43.1 Å². The summed E-state index contributed by atoms with van der Waals surface area (Å²) >= 11 is 1.46. The molecule has 0 aliphatic rings. The number of nitrogens with zero attached hydrogens (tertiary/aromatic N) is 1. The van der Waals surface area contributed by atoms with Crippen LogP contribution in [-0.2, 0) is 0 Å². The fourth-order valence-corrected chi connectivity index (χ4v) is 2.14. The lowest BCUT2D eigenvalue weighted by Crippen LogP contribution is -2.02. The van der Waals surface area contributed by atoms with Gasteiger partial charge >= 0.3 is 5.63 Å². The molecule has 0 atom stereocenters. The number of para-hydroxylation sites is 1. The van der Waals surface area contributed by atoms with Gasteiger partial charge in [0.1, 0.15) is 5.58 Å². The summed E-state index contributed by atoms with van der Waals surface area (Å²) in [5.41, 5.74) is 3.14. The first-order valence-corrected chi connectivity index (χ1v) is 5.70. The monoisotopic (exact) mass is 229 g/mol. The second-order valence-corrected chi connectivity index (χ2v) is 4.08. The van der Waals surface area contributed by atoms with Gasteiger partial charge in [-0.1, -0.05) is 18.2 Å². The molecule has 0 saturated heterocycles. The van der Waals surface area contributed by atoms with E-state index >= 15 is 0 Å². The van der Waals surface area contributed by atoms with Crippen molar-refractivity contribution in [1.29, 1.82) is 0 Å². The normalized spacial score (nSPS) is 10.8. The summed E-state index contributed by atoms with van der Waals surface area (Å²) < 4.78 is 5.23. The Morgan fingerprint density at radius 2 is 2.12 bits per heavy atom. The van der Waals surface area contributed by atoms with Crippen molar-refractivity contribution in [2.75, 3.05) is 0 Å². The number of hydrogen-bond acceptors (Lipinski definition) is 4. The summed E-state index contributed by atoms with van der Waals surface area (Å²) in [5, 5.41) is 2.74. The van der Waals surface area contributed by atoms with E-state index in [0.717, 1.165) is 5.39 Å². The molecular weight excluding hydrogens is 222 g/mol. The van der Waals surface area contributed by atoms with Gasteiger partial charge < -0.3 is 4.42 Å². The molecule has 1 aromatic carbocycles. The lowest BCUT2D eigenvalue weighted by Gasteiger charge is -1.98. The van der Waals surface area contributed by atoms with E-state index in [1.165, 1.54) is 11.3 Å². The molecule has 0 amide bonds. The van der Waals surface area contributed by atoms with E-state index in [4.69, 9.17) is 4.42 Å². The molecular formula is C12H7NO2S. The molecule has 0 aliphatic heterocycles. The second kappa shape index (κ2) is 3.57. The van der Waals surface area contributed by atoms with Crippen molar-refractivity contribution in [3.63, 3.8) is 0 Å². The summed E-state index contributed by atoms with van der Waals surface area (Å²) in [6.45, 7) is 0. The van der Waals surface area contributed by atoms with Gasteiger partial charge in [0, 0.05) is 10.8 Å². The summed E-state index contributed by atoms with van der Waals surface area (Å²) in [7, 11) is 0. The molecule has 3 nitrogen and oxygen atoms in total. The van der Waals surface area contributed by atoms with Gasteiger partial charge in [0.25, 0.3) is 0 Å². The van der Waals surface area contributed by atoms with Gasteiger partial charge in [0.2, 0.25) is 0 Å². The quantitative estimate of drug-likeness (QED) is 0.602. The second-order valence-electron chi connectivity index (χ2n) is 3.36. The third kappa shape index (κ3) is 1.44. The molecule has 0 N–H and O–H groups in total. The molecule has 4 heteroatoms. The van der Waals surface area contributed by atoms with Crippen LogP contribution in [0.1, 0.15) is 0 Å². The van der Waals surface area contributed by atoms with Crippen LogP contribution in [0.15, 0.2) is 50.4 Å². The van der Waals surface area contributed by atoms with Crippen LogP contribution in [0.5, 0.6) is 0 Å². The smallest absolute Gasteiger partial charge is 0.345 e. The number of thiazole rings is 1. The van der Waals surface area contributed by atoms with Crippen LogP contribution in [0.25, 0.3) is 22.2 Å². The molecule has 3 rings (SSSR count). The van der Waals surface area contributed by atoms with E-state index in [2.05, 4.69) is 4.98 Å². The minimum Gasteiger partial charge on any atom is -0.422 e. The zero-order chi connectivity index (χ0) is 11.0. The molecule has 16 heavy (non-hydrogen) atoms. The van der Waals surface area contributed by atoms with Crippen molar-refractivity contribution in [3.05, 3.63) is 51.6 Å². The molecule has 3 aromatic rings. The van der Waals surface area contributed by atoms with Gasteiger partial charge in [0.15, 0.2) is 0 Å². The average Bonchev–Trinajstić information content (AvgIpc) is 2.81. The minimum atomic E-state index is -0.343. The summed E-state index contributed by atoms with van der Waals surface area (Å²) in [6.07, 6.45) is 0. The van der Waals surface area contributed by atoms with Crippen molar-refractivity contribution >= 4 is 22.3 Å². The number of rotatable bonds is 1. The van der Waals surface area contributed by atoms with Crippen LogP contribution >= 0.6 is 11.3 Å². The highest BCUT2D eigenvalue weighted by Gasteiger charge is 2.08. The lowest BCUT2D eigenvalue weighted by molar-refractivity contribution is 0.563. The Bertz CT molecular complexity index is 686. The molecule has 0 aliphatic carbocycles. The Morgan fingerprint density at radius 1 is 1.25 bits per heavy atom. The standard InChI is InChI=1S/C12H7NO2S/c14-12-9(10-6-16-7-13-10)5-8-3-1-2-4-11(8)15-12/h1-7H. The predicted molar refractivity (Wildman–Crippen MR) is 63.6 cm³/mol. The number of benzene rings is 1. The number of aromatic nitrogens is 1. The molecule has 0 bridgehead atoms. The molecule has 0 unspecified atom stereocenters. The lowest BCUT2D eigenvalue weighted by atomic mass is 10.1. The third-order valence-electron chi connectivity index (χ3n) is 2.35. The SMILES string of the molecule is O=c1oc2ccccc2cc1-c1cscn1. The van der Waals surface area contributed by atoms with Gasteiger partial charge in [-0.2, -0.15) is 0 Å². The van der Waals surface area contributed by atoms with Gasteiger partial charge in [-0.25, -0.2) is 9.78 Å². The largest absolute Gasteiger partial charge is 0.422 e. The highest BCUT2D eigenvalue weighted by atomic mass is 32.1. The molecule has 0 spiro atoms. The highest BCUT2D eigenvalue weighted by Crippen LogP contribution is 2.20. The van der Waals surface area contributed by atoms with Crippen LogP contribution in [0.2, 0.25) is 0 Å². The van der Waals surface area contributed by atoms with Crippen LogP contribution in [-0.4, -0.2) is 4.98 Å². The molecule has 2 heterocycles. The van der Waals surface area contributed by atoms with E-state index < -0.39 is 0 Å². The maximum absolute atomic E-state index is 11.7. The average molecular weight is 229 g/mol. The predicted octanol–water partition coefficient (Wildman–Crippen LogP) is 2.92. The first kappa shape index (κ1) is 9.30. The van der Waals surface area contributed by atoms with Crippen LogP contribution in [0.3, 0.4) is 0 Å². The first-order chi connectivity index (χ1) is 7.84. The summed E-state index contributed by atoms with van der Waals surface area (Å²) in [6, 6.07) is 9.26. The molecule has 0 fully saturated rings. The van der Waals surface area contributed by atoms with E-state index in [1.807, 2.05) is 29.6 Å². The Morgan fingerprint density at radius 3 is 2.94 bits per heavy atom. The van der Waals surface area contributed by atoms with Gasteiger partial charge in [-0.3, -0.25) is 0 Å². The van der Waals surface area contributed by atoms with Crippen molar-refractivity contribution in [1.82, 2.24) is 4.98 Å². The van der Waals surface area contributed by atoms with Crippen LogP contribution in [0.4, 0.5) is 0 Å². The first-order valence-electron chi connectivity index (χ1n) is 4.76. The zero-order valence-corrected chi connectivity index (χ0v) is 9.03. The third-order valence-corrected chi connectivity index (χ3v) is 2.94. The van der Waals surface area contributed by atoms with Crippen molar-refractivity contribution in [2.45, 2.75) is 0 Å². The Kier molecular flexibility index (Phi) is 2.08. The number of fused-ring (bicyclic) bond motifs is 1. The zero-order valence-electron chi connectivity index (χ0n) is 8.21. The molecule has 0 radical (unpaired) electrons. The van der Waals surface area contributed by atoms with Crippen molar-refractivity contribution in [2.24, 2.45) is 0 Å². The molecule has 78 valence electrons. The van der Waals surface area contributed by atoms with E-state index in [1.54, 1.807) is 11.6 Å². The fourth-order valence-electron chi connectivity index (χ4n) is 1.59. The van der Waals surface area contributed by atoms with Crippen molar-refractivity contribution in [3.8, 4) is 11.3 Å². The van der Waals surface area contributed by atoms with E-state index in [0.29, 0.717) is 16.8 Å². The van der Waals surface area contributed by atoms with Gasteiger partial charge in [-0.05, 0) is 12.1 Å².